The van der Waals surface area contributed by atoms with Crippen LogP contribution in [-0.2, 0) is 0 Å². The molecular weight excluding hydrogens is 244 g/mol. The van der Waals surface area contributed by atoms with E-state index < -0.39 is 0 Å². The van der Waals surface area contributed by atoms with E-state index in [1.807, 2.05) is 0 Å². The summed E-state index contributed by atoms with van der Waals surface area (Å²) in [5.74, 6) is 0.790. The first-order chi connectivity index (χ1) is 9.76. The molecule has 1 N–H and O–H groups in total. The van der Waals surface area contributed by atoms with Crippen LogP contribution in [0.5, 0.6) is 0 Å². The van der Waals surface area contributed by atoms with Gasteiger partial charge in [0.15, 0.2) is 0 Å². The lowest BCUT2D eigenvalue weighted by Gasteiger charge is -2.38. The van der Waals surface area contributed by atoms with E-state index >= 15 is 0 Å². The van der Waals surface area contributed by atoms with Crippen molar-refractivity contribution < 1.29 is 0 Å². The average Bonchev–Trinajstić information content (AvgIpc) is 2.84. The molecule has 110 valence electrons. The van der Waals surface area contributed by atoms with Gasteiger partial charge >= 0.3 is 0 Å². The first-order valence-corrected chi connectivity index (χ1v) is 8.30. The summed E-state index contributed by atoms with van der Waals surface area (Å²) in [5, 5.41) is 3.80. The highest BCUT2D eigenvalue weighted by Gasteiger charge is 2.31. The van der Waals surface area contributed by atoms with E-state index in [1.54, 1.807) is 5.56 Å². The summed E-state index contributed by atoms with van der Waals surface area (Å²) >= 11 is 0. The van der Waals surface area contributed by atoms with E-state index in [-0.39, 0.29) is 0 Å². The monoisotopic (exact) mass is 272 g/mol. The molecule has 0 bridgehead atoms. The highest BCUT2D eigenvalue weighted by Crippen LogP contribution is 2.37. The number of rotatable bonds is 5. The summed E-state index contributed by atoms with van der Waals surface area (Å²) < 4.78 is 0. The zero-order valence-electron chi connectivity index (χ0n) is 12.9. The van der Waals surface area contributed by atoms with E-state index in [1.165, 1.54) is 50.9 Å². The number of hydrogen-bond acceptors (Lipinski definition) is 2. The van der Waals surface area contributed by atoms with Crippen LogP contribution in [0.25, 0.3) is 0 Å². The minimum Gasteiger partial charge on any atom is -0.312 e. The summed E-state index contributed by atoms with van der Waals surface area (Å²) in [6.07, 6.45) is 5.41. The molecule has 0 spiro atoms. The van der Waals surface area contributed by atoms with E-state index in [2.05, 4.69) is 48.3 Å². The van der Waals surface area contributed by atoms with Crippen LogP contribution >= 0.6 is 0 Å². The number of nitrogens with one attached hydrogen (secondary N) is 1. The van der Waals surface area contributed by atoms with Crippen molar-refractivity contribution in [2.75, 3.05) is 19.6 Å². The van der Waals surface area contributed by atoms with Gasteiger partial charge in [-0.3, -0.25) is 4.90 Å². The summed E-state index contributed by atoms with van der Waals surface area (Å²) in [7, 11) is 0. The minimum atomic E-state index is 0.750. The van der Waals surface area contributed by atoms with Crippen LogP contribution in [0.2, 0.25) is 0 Å². The van der Waals surface area contributed by atoms with E-state index in [9.17, 15) is 0 Å². The van der Waals surface area contributed by atoms with Gasteiger partial charge in [-0.15, -0.1) is 0 Å². The molecule has 1 saturated carbocycles. The Labute approximate surface area is 123 Å². The van der Waals surface area contributed by atoms with Crippen LogP contribution in [0.1, 0.15) is 49.7 Å². The number of likely N-dealkylation sites (tertiary alicyclic amines) is 1. The molecule has 2 heteroatoms. The van der Waals surface area contributed by atoms with Crippen molar-refractivity contribution in [1.29, 1.82) is 0 Å². The molecule has 1 aromatic rings. The Morgan fingerprint density at radius 2 is 2.15 bits per heavy atom. The van der Waals surface area contributed by atoms with Gasteiger partial charge in [-0.25, -0.2) is 0 Å². The summed E-state index contributed by atoms with van der Waals surface area (Å²) in [6.45, 7) is 8.19. The van der Waals surface area contributed by atoms with Gasteiger partial charge < -0.3 is 5.32 Å². The van der Waals surface area contributed by atoms with E-state index in [0.29, 0.717) is 0 Å². The lowest BCUT2D eigenvalue weighted by molar-refractivity contribution is 0.225. The van der Waals surface area contributed by atoms with Gasteiger partial charge in [-0.05, 0) is 57.2 Å². The molecule has 1 aliphatic carbocycles. The van der Waals surface area contributed by atoms with Gasteiger partial charge in [0.1, 0.15) is 0 Å². The van der Waals surface area contributed by atoms with Crippen molar-refractivity contribution in [3.8, 4) is 0 Å². The minimum absolute atomic E-state index is 0.750. The predicted molar refractivity (Wildman–Crippen MR) is 85.2 cm³/mol. The maximum atomic E-state index is 3.80. The standard InChI is InChI=1S/C18H28N2/c1-3-20-9-5-8-18(20)13-19-17-11-16(12-17)15-7-4-6-14(2)10-15/h4,6-7,10,16-19H,3,5,8-9,11-13H2,1-2H3. The third kappa shape index (κ3) is 3.07. The fourth-order valence-electron chi connectivity index (χ4n) is 3.83. The molecule has 2 nitrogen and oxygen atoms in total. The SMILES string of the molecule is CCN1CCCC1CNC1CC(c2cccc(C)c2)C1. The summed E-state index contributed by atoms with van der Waals surface area (Å²) in [4.78, 5) is 2.63. The number of hydrogen-bond donors (Lipinski definition) is 1. The van der Waals surface area contributed by atoms with E-state index in [4.69, 9.17) is 0 Å². The average molecular weight is 272 g/mol. The maximum Gasteiger partial charge on any atom is 0.0221 e. The van der Waals surface area contributed by atoms with Gasteiger partial charge in [0.25, 0.3) is 0 Å². The molecule has 1 unspecified atom stereocenters. The maximum absolute atomic E-state index is 3.80. The molecule has 0 radical (unpaired) electrons. The normalized spacial score (nSPS) is 30.4. The number of likely N-dealkylation sites (N-methyl/N-ethyl adjacent to an activating group) is 1. The molecule has 1 atom stereocenters. The highest BCUT2D eigenvalue weighted by atomic mass is 15.2. The van der Waals surface area contributed by atoms with Crippen molar-refractivity contribution in [3.63, 3.8) is 0 Å². The summed E-state index contributed by atoms with van der Waals surface area (Å²) in [6, 6.07) is 10.6. The Morgan fingerprint density at radius 3 is 2.90 bits per heavy atom. The van der Waals surface area contributed by atoms with Crippen LogP contribution in [0.4, 0.5) is 0 Å². The topological polar surface area (TPSA) is 15.3 Å². The predicted octanol–water partition coefficient (Wildman–Crippen LogP) is 3.31. The Bertz CT molecular complexity index is 437. The first-order valence-electron chi connectivity index (χ1n) is 8.30. The second-order valence-corrected chi connectivity index (χ2v) is 6.61. The first kappa shape index (κ1) is 14.1. The second kappa shape index (κ2) is 6.28. The van der Waals surface area contributed by atoms with Gasteiger partial charge in [0, 0.05) is 18.6 Å². The number of nitrogens with zero attached hydrogens (tertiary/aromatic N) is 1. The Balaban J connectivity index is 1.42. The Kier molecular flexibility index (Phi) is 4.42. The Hall–Kier alpha value is -0.860. The molecule has 1 aliphatic heterocycles. The van der Waals surface area contributed by atoms with Gasteiger partial charge in [0.05, 0.1) is 0 Å². The van der Waals surface area contributed by atoms with Crippen LogP contribution < -0.4 is 5.32 Å². The molecule has 1 saturated heterocycles. The molecule has 20 heavy (non-hydrogen) atoms. The number of aryl methyl sites for hydroxylation is 1. The smallest absolute Gasteiger partial charge is 0.0221 e. The fraction of sp³-hybridized carbons (Fsp3) is 0.667. The van der Waals surface area contributed by atoms with Crippen molar-refractivity contribution in [1.82, 2.24) is 10.2 Å². The fourth-order valence-corrected chi connectivity index (χ4v) is 3.83. The third-order valence-electron chi connectivity index (χ3n) is 5.20. The van der Waals surface area contributed by atoms with Crippen molar-refractivity contribution in [2.45, 2.75) is 57.5 Å². The molecule has 1 aromatic carbocycles. The van der Waals surface area contributed by atoms with Crippen LogP contribution in [0, 0.1) is 6.92 Å². The van der Waals surface area contributed by atoms with Gasteiger partial charge in [-0.1, -0.05) is 36.8 Å². The van der Waals surface area contributed by atoms with E-state index in [0.717, 1.165) is 18.0 Å². The molecule has 0 aromatic heterocycles. The van der Waals surface area contributed by atoms with Crippen molar-refractivity contribution in [3.05, 3.63) is 35.4 Å². The zero-order valence-corrected chi connectivity index (χ0v) is 12.9. The highest BCUT2D eigenvalue weighted by molar-refractivity contribution is 5.27. The van der Waals surface area contributed by atoms with Crippen LogP contribution in [0.3, 0.4) is 0 Å². The number of benzene rings is 1. The third-order valence-corrected chi connectivity index (χ3v) is 5.20. The molecule has 1 heterocycles. The molecule has 2 fully saturated rings. The van der Waals surface area contributed by atoms with Crippen molar-refractivity contribution in [2.24, 2.45) is 0 Å². The van der Waals surface area contributed by atoms with Gasteiger partial charge in [-0.2, -0.15) is 0 Å². The van der Waals surface area contributed by atoms with Gasteiger partial charge in [0.2, 0.25) is 0 Å². The lowest BCUT2D eigenvalue weighted by Crippen LogP contribution is -2.46. The lowest BCUT2D eigenvalue weighted by atomic mass is 9.75. The van der Waals surface area contributed by atoms with Crippen LogP contribution in [0.15, 0.2) is 24.3 Å². The molecule has 0 amide bonds. The van der Waals surface area contributed by atoms with Crippen molar-refractivity contribution >= 4 is 0 Å². The Morgan fingerprint density at radius 1 is 1.30 bits per heavy atom. The quantitative estimate of drug-likeness (QED) is 0.884. The molecule has 3 rings (SSSR count). The van der Waals surface area contributed by atoms with Crippen LogP contribution in [-0.4, -0.2) is 36.6 Å². The largest absolute Gasteiger partial charge is 0.312 e. The molecule has 2 aliphatic rings. The zero-order chi connectivity index (χ0) is 13.9. The second-order valence-electron chi connectivity index (χ2n) is 6.61. The summed E-state index contributed by atoms with van der Waals surface area (Å²) in [5.41, 5.74) is 2.93. The molecular formula is C18H28N2.